The fourth-order valence-corrected chi connectivity index (χ4v) is 3.54. The molecule has 1 aliphatic heterocycles. The molecule has 0 amide bonds. The SMILES string of the molecule is CN(C)C=CC(=O)c1nc(C2(C)OCCO2)sc1-c1ccc(F)cc1. The van der Waals surface area contributed by atoms with Gasteiger partial charge in [-0.2, -0.15) is 0 Å². The Morgan fingerprint density at radius 3 is 2.52 bits per heavy atom. The predicted octanol–water partition coefficient (Wildman–Crippen LogP) is 3.43. The Balaban J connectivity index is 2.06. The van der Waals surface area contributed by atoms with Gasteiger partial charge >= 0.3 is 0 Å². The molecule has 0 N–H and O–H groups in total. The van der Waals surface area contributed by atoms with Crippen molar-refractivity contribution < 1.29 is 18.7 Å². The smallest absolute Gasteiger partial charge is 0.219 e. The van der Waals surface area contributed by atoms with Crippen LogP contribution < -0.4 is 0 Å². The van der Waals surface area contributed by atoms with E-state index in [2.05, 4.69) is 4.98 Å². The van der Waals surface area contributed by atoms with Gasteiger partial charge < -0.3 is 14.4 Å². The number of hydrogen-bond donors (Lipinski definition) is 0. The van der Waals surface area contributed by atoms with Crippen molar-refractivity contribution in [2.24, 2.45) is 0 Å². The minimum absolute atomic E-state index is 0.225. The van der Waals surface area contributed by atoms with Crippen molar-refractivity contribution in [3.8, 4) is 10.4 Å². The molecule has 132 valence electrons. The molecule has 1 aliphatic rings. The van der Waals surface area contributed by atoms with Crippen molar-refractivity contribution in [3.63, 3.8) is 0 Å². The number of carbonyl (C=O) groups excluding carboxylic acids is 1. The highest BCUT2D eigenvalue weighted by Gasteiger charge is 2.38. The van der Waals surface area contributed by atoms with Gasteiger partial charge in [0.1, 0.15) is 11.5 Å². The molecule has 2 aromatic rings. The Kier molecular flexibility index (Phi) is 4.99. The van der Waals surface area contributed by atoms with Crippen LogP contribution in [-0.2, 0) is 15.3 Å². The van der Waals surface area contributed by atoms with Gasteiger partial charge in [-0.25, -0.2) is 9.37 Å². The topological polar surface area (TPSA) is 51.7 Å². The van der Waals surface area contributed by atoms with Gasteiger partial charge in [0.2, 0.25) is 11.6 Å². The number of ether oxygens (including phenoxy) is 2. The molecule has 0 spiro atoms. The minimum atomic E-state index is -0.955. The summed E-state index contributed by atoms with van der Waals surface area (Å²) in [4.78, 5) is 19.6. The zero-order chi connectivity index (χ0) is 18.0. The van der Waals surface area contributed by atoms with Crippen molar-refractivity contribution in [1.82, 2.24) is 9.88 Å². The van der Waals surface area contributed by atoms with Gasteiger partial charge in [0.15, 0.2) is 5.01 Å². The molecule has 0 atom stereocenters. The Morgan fingerprint density at radius 1 is 1.28 bits per heavy atom. The molecule has 5 nitrogen and oxygen atoms in total. The van der Waals surface area contributed by atoms with Crippen LogP contribution in [0.4, 0.5) is 4.39 Å². The van der Waals surface area contributed by atoms with Gasteiger partial charge in [-0.05, 0) is 24.6 Å². The summed E-state index contributed by atoms with van der Waals surface area (Å²) in [6, 6.07) is 6.00. The van der Waals surface area contributed by atoms with Crippen LogP contribution in [0.5, 0.6) is 0 Å². The van der Waals surface area contributed by atoms with E-state index >= 15 is 0 Å². The van der Waals surface area contributed by atoms with E-state index in [1.54, 1.807) is 30.2 Å². The number of halogens is 1. The van der Waals surface area contributed by atoms with Crippen LogP contribution in [0.2, 0.25) is 0 Å². The molecule has 25 heavy (non-hydrogen) atoms. The average molecular weight is 362 g/mol. The predicted molar refractivity (Wildman–Crippen MR) is 93.9 cm³/mol. The van der Waals surface area contributed by atoms with Gasteiger partial charge in [0.05, 0.1) is 18.1 Å². The lowest BCUT2D eigenvalue weighted by Crippen LogP contribution is -2.22. The lowest BCUT2D eigenvalue weighted by atomic mass is 10.1. The highest BCUT2D eigenvalue weighted by Crippen LogP contribution is 2.39. The maximum Gasteiger partial charge on any atom is 0.219 e. The van der Waals surface area contributed by atoms with E-state index < -0.39 is 5.79 Å². The third-order valence-electron chi connectivity index (χ3n) is 3.72. The van der Waals surface area contributed by atoms with Crippen LogP contribution in [-0.4, -0.2) is 43.0 Å². The zero-order valence-corrected chi connectivity index (χ0v) is 15.1. The van der Waals surface area contributed by atoms with Crippen LogP contribution >= 0.6 is 11.3 Å². The molecule has 0 radical (unpaired) electrons. The molecule has 0 saturated carbocycles. The maximum atomic E-state index is 13.2. The first-order valence-electron chi connectivity index (χ1n) is 7.83. The molecule has 1 saturated heterocycles. The van der Waals surface area contributed by atoms with Gasteiger partial charge in [-0.1, -0.05) is 12.1 Å². The van der Waals surface area contributed by atoms with E-state index in [0.717, 1.165) is 5.56 Å². The van der Waals surface area contributed by atoms with Gasteiger partial charge in [0.25, 0.3) is 0 Å². The first-order chi connectivity index (χ1) is 11.9. The number of allylic oxidation sites excluding steroid dienone is 1. The van der Waals surface area contributed by atoms with E-state index in [0.29, 0.717) is 28.8 Å². The molecule has 0 unspecified atom stereocenters. The Labute approximate surface area is 149 Å². The summed E-state index contributed by atoms with van der Waals surface area (Å²) in [6.07, 6.45) is 3.13. The van der Waals surface area contributed by atoms with Crippen LogP contribution in [0.1, 0.15) is 22.4 Å². The molecule has 3 rings (SSSR count). The van der Waals surface area contributed by atoms with E-state index in [1.807, 2.05) is 14.1 Å². The van der Waals surface area contributed by atoms with Crippen molar-refractivity contribution in [3.05, 3.63) is 53.1 Å². The molecule has 0 bridgehead atoms. The van der Waals surface area contributed by atoms with Crippen molar-refractivity contribution in [1.29, 1.82) is 0 Å². The van der Waals surface area contributed by atoms with E-state index in [-0.39, 0.29) is 11.6 Å². The highest BCUT2D eigenvalue weighted by molar-refractivity contribution is 7.15. The summed E-state index contributed by atoms with van der Waals surface area (Å²) in [6.45, 7) is 2.74. The summed E-state index contributed by atoms with van der Waals surface area (Å²) in [7, 11) is 3.66. The standard InChI is InChI=1S/C18H19FN2O3S/c1-18(23-10-11-24-18)17-20-15(14(22)8-9-21(2)3)16(25-17)12-4-6-13(19)7-5-12/h4-9H,10-11H2,1-3H3. The van der Waals surface area contributed by atoms with Crippen LogP contribution in [0.25, 0.3) is 10.4 Å². The van der Waals surface area contributed by atoms with E-state index in [9.17, 15) is 9.18 Å². The molecule has 0 aliphatic carbocycles. The number of benzene rings is 1. The van der Waals surface area contributed by atoms with Crippen LogP contribution in [0.15, 0.2) is 36.5 Å². The Hall–Kier alpha value is -2.09. The normalized spacial score (nSPS) is 16.5. The van der Waals surface area contributed by atoms with Gasteiger partial charge in [-0.15, -0.1) is 11.3 Å². The lowest BCUT2D eigenvalue weighted by Gasteiger charge is -2.18. The first-order valence-corrected chi connectivity index (χ1v) is 8.65. The number of aromatic nitrogens is 1. The summed E-state index contributed by atoms with van der Waals surface area (Å²) < 4.78 is 24.6. The number of ketones is 1. The number of carbonyl (C=O) groups is 1. The molecule has 1 aromatic carbocycles. The number of thiazole rings is 1. The molecule has 7 heteroatoms. The van der Waals surface area contributed by atoms with Gasteiger partial charge in [-0.3, -0.25) is 4.79 Å². The largest absolute Gasteiger partial charge is 0.383 e. The Morgan fingerprint density at radius 2 is 1.92 bits per heavy atom. The second kappa shape index (κ2) is 7.03. The van der Waals surface area contributed by atoms with Gasteiger partial charge in [0, 0.05) is 26.4 Å². The number of nitrogens with zero attached hydrogens (tertiary/aromatic N) is 2. The van der Waals surface area contributed by atoms with E-state index in [4.69, 9.17) is 9.47 Å². The Bertz CT molecular complexity index is 793. The second-order valence-electron chi connectivity index (χ2n) is 5.99. The quantitative estimate of drug-likeness (QED) is 0.603. The minimum Gasteiger partial charge on any atom is -0.383 e. The zero-order valence-electron chi connectivity index (χ0n) is 14.3. The summed E-state index contributed by atoms with van der Waals surface area (Å²) in [5.74, 6) is -1.51. The van der Waals surface area contributed by atoms with Crippen molar-refractivity contribution in [2.45, 2.75) is 12.7 Å². The first kappa shape index (κ1) is 17.7. The third-order valence-corrected chi connectivity index (χ3v) is 5.01. The van der Waals surface area contributed by atoms with Crippen LogP contribution in [0.3, 0.4) is 0 Å². The fraction of sp³-hybridized carbons (Fsp3) is 0.333. The molecule has 1 aromatic heterocycles. The third kappa shape index (κ3) is 3.78. The van der Waals surface area contributed by atoms with E-state index in [1.165, 1.54) is 29.5 Å². The number of hydrogen-bond acceptors (Lipinski definition) is 6. The lowest BCUT2D eigenvalue weighted by molar-refractivity contribution is -0.149. The molecule has 2 heterocycles. The fourth-order valence-electron chi connectivity index (χ4n) is 2.41. The monoisotopic (exact) mass is 362 g/mol. The second-order valence-corrected chi connectivity index (χ2v) is 6.99. The summed E-state index contributed by atoms with van der Waals surface area (Å²) in [5.41, 5.74) is 1.04. The molecular weight excluding hydrogens is 343 g/mol. The summed E-state index contributed by atoms with van der Waals surface area (Å²) >= 11 is 1.33. The highest BCUT2D eigenvalue weighted by atomic mass is 32.1. The van der Waals surface area contributed by atoms with Crippen molar-refractivity contribution >= 4 is 17.1 Å². The molecule has 1 fully saturated rings. The summed E-state index contributed by atoms with van der Waals surface area (Å²) in [5, 5.41) is 0.575. The molecular formula is C18H19FN2O3S. The maximum absolute atomic E-state index is 13.2. The number of rotatable bonds is 5. The average Bonchev–Trinajstić information content (AvgIpc) is 3.21. The van der Waals surface area contributed by atoms with Crippen LogP contribution in [0, 0.1) is 5.82 Å². The van der Waals surface area contributed by atoms with Crippen molar-refractivity contribution in [2.75, 3.05) is 27.3 Å².